The van der Waals surface area contributed by atoms with Gasteiger partial charge in [0.25, 0.3) is 5.56 Å². The lowest BCUT2D eigenvalue weighted by Gasteiger charge is -2.11. The number of aromatic nitrogens is 4. The molecule has 0 aliphatic heterocycles. The summed E-state index contributed by atoms with van der Waals surface area (Å²) in [7, 11) is 0. The van der Waals surface area contributed by atoms with E-state index in [0.29, 0.717) is 17.8 Å². The molecule has 0 bridgehead atoms. The summed E-state index contributed by atoms with van der Waals surface area (Å²) < 4.78 is 0. The van der Waals surface area contributed by atoms with E-state index >= 15 is 0 Å². The zero-order valence-electron chi connectivity index (χ0n) is 16.9. The van der Waals surface area contributed by atoms with E-state index in [1.54, 1.807) is 0 Å². The van der Waals surface area contributed by atoms with Crippen LogP contribution in [-0.2, 0) is 6.42 Å². The summed E-state index contributed by atoms with van der Waals surface area (Å²) >= 11 is 0. The first kappa shape index (κ1) is 19.0. The number of nitrogens with one attached hydrogen (secondary N) is 2. The van der Waals surface area contributed by atoms with Crippen molar-refractivity contribution in [2.75, 3.05) is 5.32 Å². The number of hydrogen-bond acceptors (Lipinski definition) is 5. The SMILES string of the molecule is Cc1cc2nc(Nc3nc(C)c(CCC(C)C)c(=O)[nH]3)nc(C)c2cc1C. The van der Waals surface area contributed by atoms with E-state index in [0.717, 1.165) is 40.7 Å². The molecular weight excluding hydrogens is 338 g/mol. The number of nitrogens with zero attached hydrogens (tertiary/aromatic N) is 3. The molecule has 0 aliphatic rings. The van der Waals surface area contributed by atoms with Gasteiger partial charge in [-0.2, -0.15) is 0 Å². The number of benzene rings is 1. The first-order valence-electron chi connectivity index (χ1n) is 9.37. The number of hydrogen-bond donors (Lipinski definition) is 2. The number of anilines is 2. The highest BCUT2D eigenvalue weighted by Crippen LogP contribution is 2.22. The molecule has 0 atom stereocenters. The van der Waals surface area contributed by atoms with Gasteiger partial charge in [0.1, 0.15) is 0 Å². The summed E-state index contributed by atoms with van der Waals surface area (Å²) in [5, 5.41) is 4.09. The zero-order chi connectivity index (χ0) is 19.7. The van der Waals surface area contributed by atoms with E-state index in [-0.39, 0.29) is 5.56 Å². The Morgan fingerprint density at radius 2 is 1.70 bits per heavy atom. The fraction of sp³-hybridized carbons (Fsp3) is 0.429. The van der Waals surface area contributed by atoms with E-state index in [4.69, 9.17) is 0 Å². The van der Waals surface area contributed by atoms with E-state index in [2.05, 4.69) is 65.1 Å². The van der Waals surface area contributed by atoms with Gasteiger partial charge >= 0.3 is 0 Å². The Hall–Kier alpha value is -2.76. The van der Waals surface area contributed by atoms with Crippen LogP contribution in [0.5, 0.6) is 0 Å². The minimum atomic E-state index is -0.102. The Labute approximate surface area is 159 Å². The first-order chi connectivity index (χ1) is 12.7. The predicted molar refractivity (Wildman–Crippen MR) is 110 cm³/mol. The van der Waals surface area contributed by atoms with Crippen molar-refractivity contribution < 1.29 is 0 Å². The lowest BCUT2D eigenvalue weighted by Crippen LogP contribution is -2.19. The smallest absolute Gasteiger partial charge is 0.255 e. The molecule has 6 nitrogen and oxygen atoms in total. The minimum absolute atomic E-state index is 0.102. The fourth-order valence-corrected chi connectivity index (χ4v) is 3.10. The van der Waals surface area contributed by atoms with Crippen molar-refractivity contribution in [2.24, 2.45) is 5.92 Å². The van der Waals surface area contributed by atoms with Crippen molar-refractivity contribution in [1.29, 1.82) is 0 Å². The van der Waals surface area contributed by atoms with Crippen LogP contribution >= 0.6 is 0 Å². The van der Waals surface area contributed by atoms with Crippen molar-refractivity contribution in [3.05, 3.63) is 50.6 Å². The topological polar surface area (TPSA) is 83.6 Å². The van der Waals surface area contributed by atoms with Crippen LogP contribution in [-0.4, -0.2) is 19.9 Å². The fourth-order valence-electron chi connectivity index (χ4n) is 3.10. The van der Waals surface area contributed by atoms with Crippen LogP contribution in [0.15, 0.2) is 16.9 Å². The molecule has 0 unspecified atom stereocenters. The van der Waals surface area contributed by atoms with E-state index in [1.807, 2.05) is 13.8 Å². The molecule has 1 aromatic carbocycles. The Morgan fingerprint density at radius 1 is 1.00 bits per heavy atom. The lowest BCUT2D eigenvalue weighted by molar-refractivity contribution is 0.582. The van der Waals surface area contributed by atoms with Crippen LogP contribution in [0.25, 0.3) is 10.9 Å². The number of H-pyrrole nitrogens is 1. The maximum absolute atomic E-state index is 12.4. The quantitative estimate of drug-likeness (QED) is 0.705. The second kappa shape index (κ2) is 7.47. The maximum atomic E-state index is 12.4. The molecule has 0 radical (unpaired) electrons. The second-order valence-corrected chi connectivity index (χ2v) is 7.62. The Bertz CT molecular complexity index is 1050. The van der Waals surface area contributed by atoms with Gasteiger partial charge in [0.2, 0.25) is 11.9 Å². The number of aromatic amines is 1. The third-order valence-corrected chi connectivity index (χ3v) is 4.93. The molecule has 0 saturated carbocycles. The summed E-state index contributed by atoms with van der Waals surface area (Å²) in [5.41, 5.74) is 5.55. The van der Waals surface area contributed by atoms with Crippen molar-refractivity contribution in [3.8, 4) is 0 Å². The van der Waals surface area contributed by atoms with Crippen LogP contribution < -0.4 is 10.9 Å². The maximum Gasteiger partial charge on any atom is 0.255 e. The molecular formula is C21H27N5O. The van der Waals surface area contributed by atoms with Gasteiger partial charge in [-0.3, -0.25) is 15.1 Å². The third-order valence-electron chi connectivity index (χ3n) is 4.93. The molecule has 2 heterocycles. The Kier molecular flexibility index (Phi) is 5.26. The summed E-state index contributed by atoms with van der Waals surface area (Å²) in [6.07, 6.45) is 1.69. The predicted octanol–water partition coefficient (Wildman–Crippen LogP) is 4.28. The van der Waals surface area contributed by atoms with Crippen LogP contribution in [0.4, 0.5) is 11.9 Å². The average Bonchev–Trinajstić information content (AvgIpc) is 2.56. The van der Waals surface area contributed by atoms with Crippen LogP contribution in [0.2, 0.25) is 0 Å². The van der Waals surface area contributed by atoms with Gasteiger partial charge in [-0.05, 0) is 69.7 Å². The molecule has 27 heavy (non-hydrogen) atoms. The Balaban J connectivity index is 1.93. The molecule has 0 fully saturated rings. The van der Waals surface area contributed by atoms with Crippen LogP contribution in [0.3, 0.4) is 0 Å². The third kappa shape index (κ3) is 4.15. The van der Waals surface area contributed by atoms with Crippen molar-refractivity contribution >= 4 is 22.8 Å². The van der Waals surface area contributed by atoms with Gasteiger partial charge in [-0.25, -0.2) is 15.0 Å². The molecule has 2 aromatic heterocycles. The van der Waals surface area contributed by atoms with Crippen molar-refractivity contribution in [1.82, 2.24) is 19.9 Å². The molecule has 2 N–H and O–H groups in total. The molecule has 3 aromatic rings. The number of rotatable bonds is 5. The molecule has 6 heteroatoms. The second-order valence-electron chi connectivity index (χ2n) is 7.62. The standard InChI is InChI=1S/C21H27N5O/c1-11(2)7-8-16-14(5)22-21(25-19(16)27)26-20-23-15(6)17-9-12(3)13(4)10-18(17)24-20/h9-11H,7-8H2,1-6H3,(H2,22,23,24,25,26,27). The summed E-state index contributed by atoms with van der Waals surface area (Å²) in [6, 6.07) is 4.17. The zero-order valence-corrected chi connectivity index (χ0v) is 16.9. The first-order valence-corrected chi connectivity index (χ1v) is 9.37. The number of aryl methyl sites for hydroxylation is 4. The highest BCUT2D eigenvalue weighted by atomic mass is 16.1. The molecule has 0 aliphatic carbocycles. The molecule has 3 rings (SSSR count). The van der Waals surface area contributed by atoms with Gasteiger partial charge in [0.05, 0.1) is 11.2 Å². The van der Waals surface area contributed by atoms with Gasteiger partial charge < -0.3 is 0 Å². The van der Waals surface area contributed by atoms with E-state index in [9.17, 15) is 4.79 Å². The summed E-state index contributed by atoms with van der Waals surface area (Å²) in [4.78, 5) is 28.9. The van der Waals surface area contributed by atoms with Crippen LogP contribution in [0.1, 0.15) is 48.3 Å². The average molecular weight is 365 g/mol. The van der Waals surface area contributed by atoms with Crippen molar-refractivity contribution in [3.63, 3.8) is 0 Å². The highest BCUT2D eigenvalue weighted by molar-refractivity contribution is 5.83. The number of fused-ring (bicyclic) bond motifs is 1. The normalized spacial score (nSPS) is 11.4. The lowest BCUT2D eigenvalue weighted by atomic mass is 10.0. The summed E-state index contributed by atoms with van der Waals surface area (Å²) in [5.74, 6) is 1.34. The largest absolute Gasteiger partial charge is 0.294 e. The van der Waals surface area contributed by atoms with E-state index in [1.165, 1.54) is 11.1 Å². The molecule has 0 saturated heterocycles. The van der Waals surface area contributed by atoms with Gasteiger partial charge in [0, 0.05) is 16.6 Å². The molecule has 142 valence electrons. The van der Waals surface area contributed by atoms with E-state index < -0.39 is 0 Å². The highest BCUT2D eigenvalue weighted by Gasteiger charge is 2.11. The van der Waals surface area contributed by atoms with Gasteiger partial charge in [-0.15, -0.1) is 0 Å². The van der Waals surface area contributed by atoms with Crippen LogP contribution in [0, 0.1) is 33.6 Å². The Morgan fingerprint density at radius 3 is 2.37 bits per heavy atom. The molecule has 0 spiro atoms. The van der Waals surface area contributed by atoms with Crippen molar-refractivity contribution in [2.45, 2.75) is 54.4 Å². The monoisotopic (exact) mass is 365 g/mol. The minimum Gasteiger partial charge on any atom is -0.294 e. The molecule has 0 amide bonds. The van der Waals surface area contributed by atoms with Gasteiger partial charge in [0.15, 0.2) is 0 Å². The summed E-state index contributed by atoms with van der Waals surface area (Å²) in [6.45, 7) is 12.3. The van der Waals surface area contributed by atoms with Gasteiger partial charge in [-0.1, -0.05) is 13.8 Å².